The normalized spacial score (nSPS) is 19.3. The van der Waals surface area contributed by atoms with Gasteiger partial charge in [0, 0.05) is 22.5 Å². The molecule has 0 amide bonds. The number of hydrogen-bond donors (Lipinski definition) is 2. The number of nitrogens with zero attached hydrogens (tertiary/aromatic N) is 2. The average Bonchev–Trinajstić information content (AvgIpc) is 2.75. The number of halogens is 1. The van der Waals surface area contributed by atoms with Gasteiger partial charge >= 0.3 is 0 Å². The van der Waals surface area contributed by atoms with Gasteiger partial charge in [0.05, 0.1) is 12.1 Å². The fraction of sp³-hybridized carbons (Fsp3) is 0.333. The first-order valence-electron chi connectivity index (χ1n) is 10.5. The maximum Gasteiger partial charge on any atom is 0.154 e. The molecule has 0 aliphatic heterocycles. The summed E-state index contributed by atoms with van der Waals surface area (Å²) in [7, 11) is 0. The number of rotatable bonds is 6. The zero-order valence-corrected chi connectivity index (χ0v) is 17.9. The third-order valence-corrected chi connectivity index (χ3v) is 5.66. The Bertz CT molecular complexity index is 1030. The van der Waals surface area contributed by atoms with E-state index in [1.54, 1.807) is 0 Å². The summed E-state index contributed by atoms with van der Waals surface area (Å²) >= 11 is 5.98. The number of aromatic nitrogens is 2. The van der Waals surface area contributed by atoms with Gasteiger partial charge in [0.15, 0.2) is 5.82 Å². The van der Waals surface area contributed by atoms with Crippen LogP contribution in [0.4, 0.5) is 5.82 Å². The van der Waals surface area contributed by atoms with Crippen LogP contribution >= 0.6 is 11.6 Å². The largest absolute Gasteiger partial charge is 0.494 e. The molecule has 0 radical (unpaired) electrons. The van der Waals surface area contributed by atoms with Gasteiger partial charge in [-0.3, -0.25) is 0 Å². The van der Waals surface area contributed by atoms with Gasteiger partial charge in [0.1, 0.15) is 11.6 Å². The van der Waals surface area contributed by atoms with Gasteiger partial charge in [-0.25, -0.2) is 9.97 Å². The third kappa shape index (κ3) is 5.10. The lowest BCUT2D eigenvalue weighted by molar-refractivity contribution is 0.340. The molecule has 0 bridgehead atoms. The van der Waals surface area contributed by atoms with E-state index in [-0.39, 0.29) is 0 Å². The monoisotopic (exact) mass is 422 g/mol. The molecule has 3 aromatic rings. The second kappa shape index (κ2) is 9.45. The van der Waals surface area contributed by atoms with Gasteiger partial charge in [-0.15, -0.1) is 0 Å². The van der Waals surface area contributed by atoms with Crippen LogP contribution in [0.5, 0.6) is 5.75 Å². The number of ether oxygens (including phenoxy) is 1. The fourth-order valence-electron chi connectivity index (χ4n) is 3.77. The molecule has 5 nitrogen and oxygen atoms in total. The minimum Gasteiger partial charge on any atom is -0.494 e. The number of hydrogen-bond acceptors (Lipinski definition) is 5. The minimum absolute atomic E-state index is 0.313. The predicted octanol–water partition coefficient (Wildman–Crippen LogP) is 5.53. The van der Waals surface area contributed by atoms with Gasteiger partial charge in [0.25, 0.3) is 0 Å². The molecule has 156 valence electrons. The van der Waals surface area contributed by atoms with Crippen LogP contribution in [0, 0.1) is 0 Å². The molecule has 1 fully saturated rings. The van der Waals surface area contributed by atoms with Crippen LogP contribution in [-0.2, 0) is 0 Å². The van der Waals surface area contributed by atoms with E-state index in [1.165, 1.54) is 0 Å². The molecule has 3 N–H and O–H groups in total. The van der Waals surface area contributed by atoms with Crippen LogP contribution < -0.4 is 15.8 Å². The first-order valence-corrected chi connectivity index (χ1v) is 10.9. The van der Waals surface area contributed by atoms with E-state index >= 15 is 0 Å². The Labute approximate surface area is 182 Å². The highest BCUT2D eigenvalue weighted by Gasteiger charge is 2.20. The van der Waals surface area contributed by atoms with E-state index in [4.69, 9.17) is 32.0 Å². The van der Waals surface area contributed by atoms with Crippen LogP contribution in [-0.4, -0.2) is 28.7 Å². The van der Waals surface area contributed by atoms with Crippen molar-refractivity contribution in [1.82, 2.24) is 9.97 Å². The van der Waals surface area contributed by atoms with E-state index in [2.05, 4.69) is 5.32 Å². The Morgan fingerprint density at radius 3 is 2.57 bits per heavy atom. The molecule has 0 saturated heterocycles. The van der Waals surface area contributed by atoms with Gasteiger partial charge < -0.3 is 15.8 Å². The molecule has 1 aromatic heterocycles. The topological polar surface area (TPSA) is 73.1 Å². The maximum atomic E-state index is 6.07. The van der Waals surface area contributed by atoms with Gasteiger partial charge in [-0.05, 0) is 74.6 Å². The van der Waals surface area contributed by atoms with Crippen molar-refractivity contribution in [2.24, 2.45) is 5.73 Å². The number of benzene rings is 2. The lowest BCUT2D eigenvalue weighted by Gasteiger charge is -2.27. The van der Waals surface area contributed by atoms with Crippen molar-refractivity contribution in [3.8, 4) is 5.75 Å². The van der Waals surface area contributed by atoms with Gasteiger partial charge in [0.2, 0.25) is 0 Å². The molecular weight excluding hydrogens is 396 g/mol. The van der Waals surface area contributed by atoms with Crippen molar-refractivity contribution >= 4 is 40.5 Å². The van der Waals surface area contributed by atoms with Gasteiger partial charge in [-0.1, -0.05) is 29.8 Å². The number of anilines is 1. The van der Waals surface area contributed by atoms with Crippen molar-refractivity contribution in [1.29, 1.82) is 0 Å². The molecule has 0 spiro atoms. The van der Waals surface area contributed by atoms with Crippen LogP contribution in [0.1, 0.15) is 44.0 Å². The quantitative estimate of drug-likeness (QED) is 0.546. The highest BCUT2D eigenvalue weighted by Crippen LogP contribution is 2.29. The molecule has 1 saturated carbocycles. The summed E-state index contributed by atoms with van der Waals surface area (Å²) in [5.74, 6) is 2.33. The van der Waals surface area contributed by atoms with E-state index < -0.39 is 0 Å². The Balaban J connectivity index is 1.67. The maximum absolute atomic E-state index is 6.07. The lowest BCUT2D eigenvalue weighted by atomic mass is 9.92. The standard InChI is InChI=1S/C24H27ClN4O/c1-2-30-20-12-13-22-21(15-20)24(27-19-10-8-18(26)9-11-19)29-23(28-22)14-5-16-3-6-17(25)7-4-16/h3-7,12-15,18-19H,2,8-11,26H2,1H3,(H,27,28,29)/b14-5+. The minimum atomic E-state index is 0.313. The number of nitrogens with one attached hydrogen (secondary N) is 1. The lowest BCUT2D eigenvalue weighted by Crippen LogP contribution is -2.33. The van der Waals surface area contributed by atoms with E-state index in [9.17, 15) is 0 Å². The summed E-state index contributed by atoms with van der Waals surface area (Å²) < 4.78 is 5.69. The summed E-state index contributed by atoms with van der Waals surface area (Å²) in [6.45, 7) is 2.60. The molecule has 1 aliphatic carbocycles. The molecule has 0 atom stereocenters. The van der Waals surface area contributed by atoms with E-state index in [0.717, 1.165) is 58.7 Å². The number of fused-ring (bicyclic) bond motifs is 1. The predicted molar refractivity (Wildman–Crippen MR) is 125 cm³/mol. The highest BCUT2D eigenvalue weighted by atomic mass is 35.5. The highest BCUT2D eigenvalue weighted by molar-refractivity contribution is 6.30. The average molecular weight is 423 g/mol. The summed E-state index contributed by atoms with van der Waals surface area (Å²) in [6, 6.07) is 14.3. The molecule has 6 heteroatoms. The Hall–Kier alpha value is -2.63. The van der Waals surface area contributed by atoms with Crippen molar-refractivity contribution in [2.75, 3.05) is 11.9 Å². The molecule has 30 heavy (non-hydrogen) atoms. The van der Waals surface area contributed by atoms with Gasteiger partial charge in [-0.2, -0.15) is 0 Å². The molecule has 0 unspecified atom stereocenters. The van der Waals surface area contributed by atoms with E-state index in [1.807, 2.05) is 61.5 Å². The van der Waals surface area contributed by atoms with Crippen LogP contribution in [0.3, 0.4) is 0 Å². The molecular formula is C24H27ClN4O. The smallest absolute Gasteiger partial charge is 0.154 e. The Morgan fingerprint density at radius 1 is 1.07 bits per heavy atom. The molecule has 1 heterocycles. The zero-order chi connectivity index (χ0) is 20.9. The molecule has 1 aliphatic rings. The first kappa shape index (κ1) is 20.6. The van der Waals surface area contributed by atoms with Crippen LogP contribution in [0.2, 0.25) is 5.02 Å². The second-order valence-electron chi connectivity index (χ2n) is 7.68. The van der Waals surface area contributed by atoms with E-state index in [0.29, 0.717) is 24.5 Å². The molecule has 4 rings (SSSR count). The van der Waals surface area contributed by atoms with Crippen LogP contribution in [0.25, 0.3) is 23.1 Å². The third-order valence-electron chi connectivity index (χ3n) is 5.40. The summed E-state index contributed by atoms with van der Waals surface area (Å²) in [6.07, 6.45) is 8.10. The Kier molecular flexibility index (Phi) is 6.50. The fourth-order valence-corrected chi connectivity index (χ4v) is 3.89. The van der Waals surface area contributed by atoms with Crippen LogP contribution in [0.15, 0.2) is 42.5 Å². The number of nitrogens with two attached hydrogens (primary N) is 1. The second-order valence-corrected chi connectivity index (χ2v) is 8.12. The van der Waals surface area contributed by atoms with Crippen molar-refractivity contribution < 1.29 is 4.74 Å². The summed E-state index contributed by atoms with van der Waals surface area (Å²) in [5, 5.41) is 5.34. The SMILES string of the molecule is CCOc1ccc2nc(/C=C/c3ccc(Cl)cc3)nc(NC3CCC(N)CC3)c2c1. The summed E-state index contributed by atoms with van der Waals surface area (Å²) in [5.41, 5.74) is 8.01. The van der Waals surface area contributed by atoms with Crippen molar-refractivity contribution in [3.05, 3.63) is 58.9 Å². The first-order chi connectivity index (χ1) is 14.6. The zero-order valence-electron chi connectivity index (χ0n) is 17.1. The van der Waals surface area contributed by atoms with Crippen molar-refractivity contribution in [2.45, 2.75) is 44.7 Å². The summed E-state index contributed by atoms with van der Waals surface area (Å²) in [4.78, 5) is 9.56. The molecule has 2 aromatic carbocycles. The van der Waals surface area contributed by atoms with Crippen molar-refractivity contribution in [3.63, 3.8) is 0 Å². The Morgan fingerprint density at radius 2 is 1.83 bits per heavy atom.